The molecule has 2 rings (SSSR count). The number of hydrogen-bond donors (Lipinski definition) is 3. The highest BCUT2D eigenvalue weighted by atomic mass is 79.9. The van der Waals surface area contributed by atoms with Gasteiger partial charge in [0.2, 0.25) is 0 Å². The molecule has 0 fully saturated rings. The number of nitrogens with zero attached hydrogens (tertiary/aromatic N) is 2. The van der Waals surface area contributed by atoms with E-state index in [1.54, 1.807) is 6.92 Å². The lowest BCUT2D eigenvalue weighted by Crippen LogP contribution is -2.24. The Morgan fingerprint density at radius 1 is 1.29 bits per heavy atom. The van der Waals surface area contributed by atoms with E-state index in [-0.39, 0.29) is 18.1 Å². The second-order valence-electron chi connectivity index (χ2n) is 4.52. The molecule has 0 aliphatic rings. The molecular formula is C14H15BrFN3O2. The molecular weight excluding hydrogens is 341 g/mol. The summed E-state index contributed by atoms with van der Waals surface area (Å²) in [6.07, 6.45) is -0.976. The highest BCUT2D eigenvalue weighted by Crippen LogP contribution is 2.22. The van der Waals surface area contributed by atoms with Gasteiger partial charge in [-0.3, -0.25) is 0 Å². The summed E-state index contributed by atoms with van der Waals surface area (Å²) in [5.74, 6) is -0.170. The average Bonchev–Trinajstić information content (AvgIpc) is 2.49. The van der Waals surface area contributed by atoms with E-state index in [2.05, 4.69) is 31.2 Å². The van der Waals surface area contributed by atoms with Crippen molar-refractivity contribution >= 4 is 21.7 Å². The van der Waals surface area contributed by atoms with Crippen LogP contribution in [-0.2, 0) is 0 Å². The van der Waals surface area contributed by atoms with Gasteiger partial charge in [-0.15, -0.1) is 0 Å². The smallest absolute Gasteiger partial charge is 0.186 e. The number of anilines is 1. The summed E-state index contributed by atoms with van der Waals surface area (Å²) in [5, 5.41) is 20.8. The van der Waals surface area contributed by atoms with Gasteiger partial charge in [-0.05, 0) is 19.1 Å². The maximum Gasteiger partial charge on any atom is 0.186 e. The van der Waals surface area contributed by atoms with E-state index in [0.717, 1.165) is 10.0 Å². The summed E-state index contributed by atoms with van der Waals surface area (Å²) in [5.41, 5.74) is 0.968. The molecule has 7 heteroatoms. The van der Waals surface area contributed by atoms with Crippen LogP contribution in [0.5, 0.6) is 0 Å². The Balaban J connectivity index is 2.31. The number of aliphatic hydroxyl groups is 2. The molecule has 0 bridgehead atoms. The van der Waals surface area contributed by atoms with Gasteiger partial charge in [0.25, 0.3) is 0 Å². The molecule has 1 atom stereocenters. The van der Waals surface area contributed by atoms with Crippen LogP contribution in [0, 0.1) is 12.7 Å². The van der Waals surface area contributed by atoms with Crippen LogP contribution in [0.1, 0.15) is 5.69 Å². The third kappa shape index (κ3) is 3.96. The van der Waals surface area contributed by atoms with Crippen molar-refractivity contribution in [1.82, 2.24) is 9.97 Å². The normalized spacial score (nSPS) is 12.2. The average molecular weight is 356 g/mol. The molecule has 2 aromatic rings. The largest absolute Gasteiger partial charge is 0.394 e. The quantitative estimate of drug-likeness (QED) is 0.765. The van der Waals surface area contributed by atoms with Crippen LogP contribution in [0.25, 0.3) is 11.4 Å². The Morgan fingerprint density at radius 3 is 2.57 bits per heavy atom. The molecule has 3 N–H and O–H groups in total. The number of rotatable bonds is 5. The third-order valence-electron chi connectivity index (χ3n) is 2.84. The summed E-state index contributed by atoms with van der Waals surface area (Å²) in [6, 6.07) is 7.34. The van der Waals surface area contributed by atoms with Crippen molar-refractivity contribution in [2.75, 3.05) is 18.5 Å². The Bertz CT molecular complexity index is 622. The van der Waals surface area contributed by atoms with E-state index in [9.17, 15) is 9.50 Å². The van der Waals surface area contributed by atoms with E-state index in [0.29, 0.717) is 5.82 Å². The van der Waals surface area contributed by atoms with Crippen LogP contribution >= 0.6 is 15.9 Å². The molecule has 0 saturated heterocycles. The Hall–Kier alpha value is -1.57. The van der Waals surface area contributed by atoms with Crippen LogP contribution < -0.4 is 5.32 Å². The van der Waals surface area contributed by atoms with E-state index in [1.807, 2.05) is 24.3 Å². The van der Waals surface area contributed by atoms with Gasteiger partial charge in [-0.2, -0.15) is 0 Å². The number of aromatic nitrogens is 2. The van der Waals surface area contributed by atoms with Crippen molar-refractivity contribution < 1.29 is 14.6 Å². The Labute approximate surface area is 130 Å². The van der Waals surface area contributed by atoms with Crippen LogP contribution in [0.4, 0.5) is 10.2 Å². The monoisotopic (exact) mass is 355 g/mol. The molecule has 0 spiro atoms. The molecule has 0 aliphatic carbocycles. The van der Waals surface area contributed by atoms with Gasteiger partial charge >= 0.3 is 0 Å². The second kappa shape index (κ2) is 6.93. The zero-order chi connectivity index (χ0) is 15.4. The van der Waals surface area contributed by atoms with Crippen LogP contribution in [0.2, 0.25) is 0 Å². The first-order valence-corrected chi connectivity index (χ1v) is 7.13. The third-order valence-corrected chi connectivity index (χ3v) is 3.36. The minimum absolute atomic E-state index is 0.00362. The zero-order valence-corrected chi connectivity index (χ0v) is 12.9. The predicted octanol–water partition coefficient (Wildman–Crippen LogP) is 2.12. The van der Waals surface area contributed by atoms with Gasteiger partial charge in [0.05, 0.1) is 18.4 Å². The molecule has 1 aromatic heterocycles. The van der Waals surface area contributed by atoms with Crippen molar-refractivity contribution in [2.24, 2.45) is 0 Å². The molecule has 0 aliphatic heterocycles. The van der Waals surface area contributed by atoms with Crippen LogP contribution in [-0.4, -0.2) is 39.4 Å². The molecule has 21 heavy (non-hydrogen) atoms. The summed E-state index contributed by atoms with van der Waals surface area (Å²) in [6.45, 7) is 1.15. The molecule has 5 nitrogen and oxygen atoms in total. The predicted molar refractivity (Wildman–Crippen MR) is 81.4 cm³/mol. The summed E-state index contributed by atoms with van der Waals surface area (Å²) >= 11 is 3.34. The number of aliphatic hydroxyl groups excluding tert-OH is 2. The molecule has 0 amide bonds. The van der Waals surface area contributed by atoms with Gasteiger partial charge in [0, 0.05) is 16.6 Å². The zero-order valence-electron chi connectivity index (χ0n) is 11.3. The van der Waals surface area contributed by atoms with Crippen molar-refractivity contribution in [1.29, 1.82) is 0 Å². The summed E-state index contributed by atoms with van der Waals surface area (Å²) < 4.78 is 14.9. The van der Waals surface area contributed by atoms with Crippen LogP contribution in [0.3, 0.4) is 0 Å². The fourth-order valence-electron chi connectivity index (χ4n) is 1.68. The molecule has 112 valence electrons. The maximum atomic E-state index is 14.0. The molecule has 0 saturated carbocycles. The van der Waals surface area contributed by atoms with E-state index in [1.165, 1.54) is 0 Å². The number of halogens is 2. The Kier molecular flexibility index (Phi) is 5.22. The highest BCUT2D eigenvalue weighted by Gasteiger charge is 2.13. The van der Waals surface area contributed by atoms with Gasteiger partial charge in [-0.25, -0.2) is 14.4 Å². The lowest BCUT2D eigenvalue weighted by molar-refractivity contribution is 0.105. The molecule has 0 radical (unpaired) electrons. The summed E-state index contributed by atoms with van der Waals surface area (Å²) in [4.78, 5) is 8.26. The van der Waals surface area contributed by atoms with Gasteiger partial charge in [0.1, 0.15) is 0 Å². The molecule has 1 aromatic carbocycles. The van der Waals surface area contributed by atoms with Crippen LogP contribution in [0.15, 0.2) is 28.7 Å². The van der Waals surface area contributed by atoms with E-state index >= 15 is 0 Å². The minimum Gasteiger partial charge on any atom is -0.394 e. The molecule has 1 unspecified atom stereocenters. The number of aryl methyl sites for hydroxylation is 1. The fraction of sp³-hybridized carbons (Fsp3) is 0.286. The van der Waals surface area contributed by atoms with Crippen molar-refractivity contribution in [2.45, 2.75) is 13.0 Å². The van der Waals surface area contributed by atoms with Crippen molar-refractivity contribution in [3.05, 3.63) is 40.2 Å². The highest BCUT2D eigenvalue weighted by molar-refractivity contribution is 9.10. The van der Waals surface area contributed by atoms with Gasteiger partial charge in [0.15, 0.2) is 17.5 Å². The SMILES string of the molecule is Cc1nc(-c2ccc(Br)cc2)nc(NCC(O)CO)c1F. The first-order chi connectivity index (χ1) is 10.0. The number of hydrogen-bond acceptors (Lipinski definition) is 5. The molecule has 1 heterocycles. The van der Waals surface area contributed by atoms with E-state index < -0.39 is 18.5 Å². The van der Waals surface area contributed by atoms with Crippen molar-refractivity contribution in [3.8, 4) is 11.4 Å². The Morgan fingerprint density at radius 2 is 1.95 bits per heavy atom. The second-order valence-corrected chi connectivity index (χ2v) is 5.44. The lowest BCUT2D eigenvalue weighted by atomic mass is 10.2. The van der Waals surface area contributed by atoms with E-state index in [4.69, 9.17) is 5.11 Å². The van der Waals surface area contributed by atoms with Gasteiger partial charge < -0.3 is 15.5 Å². The fourth-order valence-corrected chi connectivity index (χ4v) is 1.95. The minimum atomic E-state index is -0.976. The maximum absolute atomic E-state index is 14.0. The number of benzene rings is 1. The lowest BCUT2D eigenvalue weighted by Gasteiger charge is -2.12. The summed E-state index contributed by atoms with van der Waals surface area (Å²) in [7, 11) is 0. The first kappa shape index (κ1) is 15.8. The first-order valence-electron chi connectivity index (χ1n) is 6.34. The topological polar surface area (TPSA) is 78.3 Å². The van der Waals surface area contributed by atoms with Crippen molar-refractivity contribution in [3.63, 3.8) is 0 Å². The number of nitrogens with one attached hydrogen (secondary N) is 1. The van der Waals surface area contributed by atoms with Gasteiger partial charge in [-0.1, -0.05) is 28.1 Å². The standard InChI is InChI=1S/C14H15BrFN3O2/c1-8-12(16)14(17-6-11(21)7-20)19-13(18-8)9-2-4-10(15)5-3-9/h2-5,11,20-21H,6-7H2,1H3,(H,17,18,19).